The number of carbonyl (C=O) groups excluding carboxylic acids is 2. The molecule has 1 aliphatic heterocycles. The van der Waals surface area contributed by atoms with E-state index in [-0.39, 0.29) is 23.6 Å². The van der Waals surface area contributed by atoms with Crippen LogP contribution >= 0.6 is 27.5 Å². The van der Waals surface area contributed by atoms with Gasteiger partial charge in [0, 0.05) is 33.2 Å². The smallest absolute Gasteiger partial charge is 0.354 e. The highest BCUT2D eigenvalue weighted by Gasteiger charge is 2.74. The third-order valence-electron chi connectivity index (χ3n) is 9.80. The molecule has 8 nitrogen and oxygen atoms in total. The van der Waals surface area contributed by atoms with Crippen LogP contribution in [0.5, 0.6) is 0 Å². The van der Waals surface area contributed by atoms with Gasteiger partial charge in [-0.3, -0.25) is 9.59 Å². The zero-order chi connectivity index (χ0) is 47.0. The number of aromatic nitrogens is 3. The molecule has 2 amide bonds. The first-order chi connectivity index (χ1) is 29.9. The van der Waals surface area contributed by atoms with E-state index < -0.39 is 86.0 Å². The van der Waals surface area contributed by atoms with E-state index in [0.717, 1.165) is 41.3 Å². The van der Waals surface area contributed by atoms with Gasteiger partial charge in [0.25, 0.3) is 11.8 Å². The molecule has 2 atom stereocenters. The first-order valence-electron chi connectivity index (χ1n) is 18.1. The number of rotatable bonds is 9. The standard InChI is InChI=1S/C25H14BrF11N2O2.C17H13ClFN3O/c1-39(21(41)12-6-3-2-4-7-12)17-9-5-8-14(18(17)27)20(40)38-19-15(23(29,30)31)10-13(11-16(19)26)22(28,24(32,33)34)25(35,36)37;18-15-4-2-1-3-14(15)16-17(23-16,9-22-11-20-10-21-22)12-5-7-13(19)8-6-12/h2-11H,1H3,(H,38,40);1-8,10-11,16H,9H2. The van der Waals surface area contributed by atoms with E-state index in [1.54, 1.807) is 34.5 Å². The van der Waals surface area contributed by atoms with E-state index >= 15 is 4.39 Å². The van der Waals surface area contributed by atoms with Crippen LogP contribution in [0.15, 0.2) is 126 Å². The number of halogens is 14. The Bertz CT molecular complexity index is 2630. The summed E-state index contributed by atoms with van der Waals surface area (Å²) in [5.41, 5.74) is -12.5. The fourth-order valence-corrected chi connectivity index (χ4v) is 7.35. The third-order valence-corrected chi connectivity index (χ3v) is 10.8. The lowest BCUT2D eigenvalue weighted by molar-refractivity contribution is -0.348. The normalized spacial score (nSPS) is 16.4. The topological polar surface area (TPSA) is 92.7 Å². The minimum Gasteiger partial charge on any atom is -0.354 e. The summed E-state index contributed by atoms with van der Waals surface area (Å²) in [5, 5.41) is 6.40. The minimum atomic E-state index is -6.72. The zero-order valence-corrected chi connectivity index (χ0v) is 34.5. The highest BCUT2D eigenvalue weighted by Crippen LogP contribution is 2.59. The molecular weight excluding hydrogens is 966 g/mol. The van der Waals surface area contributed by atoms with Crippen molar-refractivity contribution >= 4 is 50.7 Å². The second-order valence-corrected chi connectivity index (χ2v) is 15.1. The van der Waals surface area contributed by atoms with Gasteiger partial charge in [0.05, 0.1) is 29.0 Å². The van der Waals surface area contributed by atoms with Crippen molar-refractivity contribution in [3.8, 4) is 0 Å². The molecular formula is C42H27BrClF12N5O3. The molecule has 1 saturated heterocycles. The van der Waals surface area contributed by atoms with E-state index in [9.17, 15) is 57.9 Å². The van der Waals surface area contributed by atoms with Gasteiger partial charge >= 0.3 is 24.2 Å². The van der Waals surface area contributed by atoms with Crippen LogP contribution < -0.4 is 10.2 Å². The maximum absolute atomic E-state index is 15.3. The molecule has 0 aliphatic carbocycles. The molecule has 1 aromatic heterocycles. The van der Waals surface area contributed by atoms with E-state index in [2.05, 4.69) is 26.0 Å². The molecule has 1 N–H and O–H groups in total. The first-order valence-corrected chi connectivity index (χ1v) is 19.2. The van der Waals surface area contributed by atoms with Crippen molar-refractivity contribution in [2.75, 3.05) is 17.3 Å². The minimum absolute atomic E-state index is 0.116. The highest BCUT2D eigenvalue weighted by atomic mass is 79.9. The summed E-state index contributed by atoms with van der Waals surface area (Å²) in [6.07, 6.45) is -16.2. The number of nitrogens with zero attached hydrogens (tertiary/aromatic N) is 4. The summed E-state index contributed by atoms with van der Waals surface area (Å²) < 4.78 is 170. The number of nitrogens with one attached hydrogen (secondary N) is 1. The van der Waals surface area contributed by atoms with Gasteiger partial charge in [0.15, 0.2) is 5.82 Å². The largest absolute Gasteiger partial charge is 0.435 e. The lowest BCUT2D eigenvalue weighted by atomic mass is 9.91. The van der Waals surface area contributed by atoms with Gasteiger partial charge in [-0.15, -0.1) is 0 Å². The van der Waals surface area contributed by atoms with Crippen molar-refractivity contribution in [2.24, 2.45) is 0 Å². The monoisotopic (exact) mass is 991 g/mol. The second-order valence-electron chi connectivity index (χ2n) is 13.9. The van der Waals surface area contributed by atoms with Crippen molar-refractivity contribution in [1.82, 2.24) is 14.8 Å². The highest BCUT2D eigenvalue weighted by molar-refractivity contribution is 9.10. The number of hydrogen-bond acceptors (Lipinski definition) is 5. The second kappa shape index (κ2) is 17.9. The number of epoxide rings is 1. The summed E-state index contributed by atoms with van der Waals surface area (Å²) >= 11 is 8.66. The van der Waals surface area contributed by atoms with Crippen LogP contribution in [0.2, 0.25) is 5.02 Å². The van der Waals surface area contributed by atoms with Crippen LogP contribution in [-0.4, -0.2) is 46.0 Å². The van der Waals surface area contributed by atoms with Gasteiger partial charge in [-0.2, -0.15) is 44.6 Å². The predicted octanol–water partition coefficient (Wildman–Crippen LogP) is 12.2. The molecule has 336 valence electrons. The van der Waals surface area contributed by atoms with Crippen LogP contribution in [0, 0.1) is 11.6 Å². The lowest BCUT2D eigenvalue weighted by Gasteiger charge is -2.31. The molecule has 1 fully saturated rings. The number of ether oxygens (including phenoxy) is 1. The maximum atomic E-state index is 15.3. The Morgan fingerprint density at radius 3 is 2.05 bits per heavy atom. The van der Waals surface area contributed by atoms with Gasteiger partial charge in [-0.25, -0.2) is 22.8 Å². The van der Waals surface area contributed by atoms with Gasteiger partial charge < -0.3 is 15.0 Å². The molecule has 0 bridgehead atoms. The zero-order valence-electron chi connectivity index (χ0n) is 32.1. The molecule has 0 saturated carbocycles. The fourth-order valence-electron chi connectivity index (χ4n) is 6.56. The summed E-state index contributed by atoms with van der Waals surface area (Å²) in [4.78, 5) is 30.2. The predicted molar refractivity (Wildman–Crippen MR) is 211 cm³/mol. The molecule has 64 heavy (non-hydrogen) atoms. The SMILES string of the molecule is CN(C(=O)c1ccccc1)c1cccc(C(=O)Nc2c(Br)cc(C(F)(C(F)(F)F)C(F)(F)F)cc2C(F)(F)F)c1F.Fc1ccc(C2(Cn3cncn3)OC2c2ccccc2Cl)cc1. The van der Waals surface area contributed by atoms with Crippen LogP contribution in [0.1, 0.15) is 49.1 Å². The molecule has 1 aliphatic rings. The van der Waals surface area contributed by atoms with Gasteiger partial charge in [-0.05, 0) is 76.1 Å². The molecule has 22 heteroatoms. The summed E-state index contributed by atoms with van der Waals surface area (Å²) in [7, 11) is 1.14. The quantitative estimate of drug-likeness (QED) is 0.115. The Balaban J connectivity index is 0.000000247. The van der Waals surface area contributed by atoms with Gasteiger partial charge in [0.1, 0.15) is 30.2 Å². The third kappa shape index (κ3) is 9.46. The van der Waals surface area contributed by atoms with E-state index in [1.165, 1.54) is 42.7 Å². The van der Waals surface area contributed by atoms with E-state index in [0.29, 0.717) is 11.6 Å². The van der Waals surface area contributed by atoms with Crippen molar-refractivity contribution in [3.05, 3.63) is 176 Å². The average Bonchev–Trinajstić information content (AvgIpc) is 3.71. The lowest BCUT2D eigenvalue weighted by Crippen LogP contribution is -2.50. The Morgan fingerprint density at radius 1 is 0.844 bits per heavy atom. The molecule has 5 aromatic carbocycles. The molecule has 6 aromatic rings. The number of benzene rings is 5. The van der Waals surface area contributed by atoms with Crippen LogP contribution in [0.25, 0.3) is 0 Å². The molecule has 2 heterocycles. The fraction of sp³-hybridized carbons (Fsp3) is 0.190. The maximum Gasteiger partial charge on any atom is 0.435 e. The summed E-state index contributed by atoms with van der Waals surface area (Å²) in [5.74, 6) is -4.03. The van der Waals surface area contributed by atoms with Gasteiger partial charge in [0.2, 0.25) is 0 Å². The number of hydrogen-bond donors (Lipinski definition) is 1. The molecule has 2 unspecified atom stereocenters. The number of carbonyl (C=O) groups is 2. The van der Waals surface area contributed by atoms with E-state index in [1.807, 2.05) is 24.3 Å². The summed E-state index contributed by atoms with van der Waals surface area (Å²) in [6, 6.07) is 23.3. The van der Waals surface area contributed by atoms with Crippen LogP contribution in [0.3, 0.4) is 0 Å². The van der Waals surface area contributed by atoms with Crippen molar-refractivity contribution < 1.29 is 67.0 Å². The first kappa shape index (κ1) is 47.5. The molecule has 7 rings (SSSR count). The van der Waals surface area contributed by atoms with Crippen molar-refractivity contribution in [2.45, 2.75) is 42.4 Å². The number of alkyl halides is 10. The van der Waals surface area contributed by atoms with Gasteiger partial charge in [-0.1, -0.05) is 66.2 Å². The van der Waals surface area contributed by atoms with Crippen LogP contribution in [0.4, 0.5) is 64.1 Å². The van der Waals surface area contributed by atoms with Crippen molar-refractivity contribution in [1.29, 1.82) is 0 Å². The van der Waals surface area contributed by atoms with E-state index in [4.69, 9.17) is 16.3 Å². The Morgan fingerprint density at radius 2 is 1.47 bits per heavy atom. The average molecular weight is 993 g/mol. The Hall–Kier alpha value is -5.93. The Kier molecular flexibility index (Phi) is 13.3. The molecule has 0 radical (unpaired) electrons. The Labute approximate surface area is 367 Å². The number of anilines is 2. The van der Waals surface area contributed by atoms with Crippen LogP contribution in [-0.2, 0) is 28.7 Å². The number of amides is 2. The molecule has 0 spiro atoms. The summed E-state index contributed by atoms with van der Waals surface area (Å²) in [6.45, 7) is 0.481. The van der Waals surface area contributed by atoms with Crippen molar-refractivity contribution in [3.63, 3.8) is 0 Å².